The van der Waals surface area contributed by atoms with Crippen LogP contribution in [-0.2, 0) is 4.74 Å². The van der Waals surface area contributed by atoms with Gasteiger partial charge in [0.25, 0.3) is 0 Å². The Kier molecular flexibility index (Phi) is 4.81. The van der Waals surface area contributed by atoms with Crippen LogP contribution in [0.2, 0.25) is 5.02 Å². The molecule has 1 heterocycles. The molecule has 3 rings (SSSR count). The quantitative estimate of drug-likeness (QED) is 0.657. The monoisotopic (exact) mass is 362 g/mol. The lowest BCUT2D eigenvalue weighted by molar-refractivity contribution is 0.0520. The lowest BCUT2D eigenvalue weighted by Gasteiger charge is -2.12. The molecule has 0 bridgehead atoms. The van der Waals surface area contributed by atoms with E-state index in [2.05, 4.69) is 10.3 Å². The van der Waals surface area contributed by atoms with E-state index in [1.165, 1.54) is 6.07 Å². The SMILES string of the molecule is CCOC(=O)c1cc(Nc2cc(F)cc(F)c2)c2cc(Cl)ccc2n1. The van der Waals surface area contributed by atoms with Crippen molar-refractivity contribution in [1.29, 1.82) is 0 Å². The summed E-state index contributed by atoms with van der Waals surface area (Å²) < 4.78 is 31.8. The number of carbonyl (C=O) groups is 1. The standard InChI is InChI=1S/C18H13ClF2N2O2/c1-2-25-18(24)17-9-16(14-5-10(19)3-4-15(14)23-17)22-13-7-11(20)6-12(21)8-13/h3-9H,2H2,1H3,(H,22,23). The van der Waals surface area contributed by atoms with Crippen LogP contribution in [0.15, 0.2) is 42.5 Å². The summed E-state index contributed by atoms with van der Waals surface area (Å²) in [7, 11) is 0. The summed E-state index contributed by atoms with van der Waals surface area (Å²) in [6.07, 6.45) is 0. The van der Waals surface area contributed by atoms with Gasteiger partial charge in [-0.2, -0.15) is 0 Å². The van der Waals surface area contributed by atoms with E-state index in [1.807, 2.05) is 0 Å². The van der Waals surface area contributed by atoms with Gasteiger partial charge in [-0.05, 0) is 43.3 Å². The van der Waals surface area contributed by atoms with E-state index in [1.54, 1.807) is 25.1 Å². The molecule has 25 heavy (non-hydrogen) atoms. The maximum absolute atomic E-state index is 13.4. The van der Waals surface area contributed by atoms with Gasteiger partial charge >= 0.3 is 5.97 Å². The lowest BCUT2D eigenvalue weighted by atomic mass is 10.1. The molecule has 1 N–H and O–H groups in total. The van der Waals surface area contributed by atoms with Gasteiger partial charge in [-0.25, -0.2) is 18.6 Å². The molecule has 0 spiro atoms. The predicted octanol–water partition coefficient (Wildman–Crippen LogP) is 5.09. The second-order valence-corrected chi connectivity index (χ2v) is 5.66. The van der Waals surface area contributed by atoms with Crippen molar-refractivity contribution in [3.05, 3.63) is 64.8 Å². The zero-order chi connectivity index (χ0) is 18.0. The maximum atomic E-state index is 13.4. The Labute approximate surface area is 147 Å². The van der Waals surface area contributed by atoms with Crippen LogP contribution in [0.25, 0.3) is 10.9 Å². The molecule has 2 aromatic carbocycles. The van der Waals surface area contributed by atoms with Gasteiger partial charge in [-0.1, -0.05) is 11.6 Å². The molecule has 4 nitrogen and oxygen atoms in total. The molecule has 0 amide bonds. The minimum Gasteiger partial charge on any atom is -0.461 e. The number of nitrogens with zero attached hydrogens (tertiary/aromatic N) is 1. The van der Waals surface area contributed by atoms with Crippen LogP contribution in [0, 0.1) is 11.6 Å². The fourth-order valence-electron chi connectivity index (χ4n) is 2.39. The summed E-state index contributed by atoms with van der Waals surface area (Å²) in [6.45, 7) is 1.89. The van der Waals surface area contributed by atoms with Gasteiger partial charge in [0.05, 0.1) is 17.8 Å². The Morgan fingerprint density at radius 2 is 1.88 bits per heavy atom. The Morgan fingerprint density at radius 1 is 1.16 bits per heavy atom. The van der Waals surface area contributed by atoms with E-state index in [9.17, 15) is 13.6 Å². The van der Waals surface area contributed by atoms with E-state index in [4.69, 9.17) is 16.3 Å². The molecular formula is C18H13ClF2N2O2. The summed E-state index contributed by atoms with van der Waals surface area (Å²) in [6, 6.07) is 9.45. The number of fused-ring (bicyclic) bond motifs is 1. The minimum atomic E-state index is -0.718. The van der Waals surface area contributed by atoms with E-state index in [0.717, 1.165) is 18.2 Å². The highest BCUT2D eigenvalue weighted by atomic mass is 35.5. The highest BCUT2D eigenvalue weighted by Gasteiger charge is 2.14. The van der Waals surface area contributed by atoms with E-state index in [-0.39, 0.29) is 18.0 Å². The van der Waals surface area contributed by atoms with Crippen molar-refractivity contribution >= 4 is 39.8 Å². The van der Waals surface area contributed by atoms with Gasteiger partial charge in [0.15, 0.2) is 5.69 Å². The highest BCUT2D eigenvalue weighted by molar-refractivity contribution is 6.31. The van der Waals surface area contributed by atoms with Gasteiger partial charge in [-0.15, -0.1) is 0 Å². The van der Waals surface area contributed by atoms with Crippen molar-refractivity contribution in [3.63, 3.8) is 0 Å². The molecule has 0 saturated heterocycles. The number of ether oxygens (including phenoxy) is 1. The van der Waals surface area contributed by atoms with Crippen molar-refractivity contribution in [1.82, 2.24) is 4.98 Å². The van der Waals surface area contributed by atoms with Crippen LogP contribution in [0.4, 0.5) is 20.2 Å². The number of aromatic nitrogens is 1. The summed E-state index contributed by atoms with van der Waals surface area (Å²) in [5, 5.41) is 3.97. The topological polar surface area (TPSA) is 51.2 Å². The third-order valence-corrected chi connectivity index (χ3v) is 3.63. The Hall–Kier alpha value is -2.73. The molecule has 128 valence electrons. The second kappa shape index (κ2) is 7.03. The van der Waals surface area contributed by atoms with Crippen LogP contribution in [-0.4, -0.2) is 17.6 Å². The number of carbonyl (C=O) groups excluding carboxylic acids is 1. The van der Waals surface area contributed by atoms with Gasteiger partial charge < -0.3 is 10.1 Å². The predicted molar refractivity (Wildman–Crippen MR) is 92.4 cm³/mol. The average Bonchev–Trinajstić information content (AvgIpc) is 2.54. The zero-order valence-corrected chi connectivity index (χ0v) is 13.9. The summed E-state index contributed by atoms with van der Waals surface area (Å²) >= 11 is 6.03. The largest absolute Gasteiger partial charge is 0.461 e. The van der Waals surface area contributed by atoms with E-state index < -0.39 is 17.6 Å². The summed E-state index contributed by atoms with van der Waals surface area (Å²) in [5.74, 6) is -2.03. The van der Waals surface area contributed by atoms with Crippen LogP contribution >= 0.6 is 11.6 Å². The molecule has 0 fully saturated rings. The molecule has 3 aromatic rings. The van der Waals surface area contributed by atoms with Crippen LogP contribution < -0.4 is 5.32 Å². The van der Waals surface area contributed by atoms with Gasteiger partial charge in [0.1, 0.15) is 11.6 Å². The average molecular weight is 363 g/mol. The van der Waals surface area contributed by atoms with Crippen molar-refractivity contribution in [3.8, 4) is 0 Å². The first-order chi connectivity index (χ1) is 12.0. The van der Waals surface area contributed by atoms with Crippen LogP contribution in [0.1, 0.15) is 17.4 Å². The van der Waals surface area contributed by atoms with Crippen molar-refractivity contribution in [2.45, 2.75) is 6.92 Å². The fourth-order valence-corrected chi connectivity index (χ4v) is 2.56. The van der Waals surface area contributed by atoms with Crippen molar-refractivity contribution in [2.75, 3.05) is 11.9 Å². The third kappa shape index (κ3) is 3.85. The second-order valence-electron chi connectivity index (χ2n) is 5.22. The van der Waals surface area contributed by atoms with Gasteiger partial charge in [0, 0.05) is 22.2 Å². The number of halogens is 3. The first-order valence-electron chi connectivity index (χ1n) is 7.47. The number of esters is 1. The maximum Gasteiger partial charge on any atom is 0.357 e. The van der Waals surface area contributed by atoms with Crippen molar-refractivity contribution < 1.29 is 18.3 Å². The van der Waals surface area contributed by atoms with E-state index >= 15 is 0 Å². The molecule has 0 unspecified atom stereocenters. The molecule has 0 aliphatic heterocycles. The smallest absolute Gasteiger partial charge is 0.357 e. The molecule has 0 aliphatic carbocycles. The number of rotatable bonds is 4. The number of hydrogen-bond donors (Lipinski definition) is 1. The Bertz CT molecular complexity index is 943. The number of anilines is 2. The molecule has 7 heteroatoms. The Morgan fingerprint density at radius 3 is 2.56 bits per heavy atom. The van der Waals surface area contributed by atoms with Gasteiger partial charge in [0.2, 0.25) is 0 Å². The van der Waals surface area contributed by atoms with E-state index in [0.29, 0.717) is 21.6 Å². The molecule has 0 aliphatic rings. The summed E-state index contributed by atoms with van der Waals surface area (Å²) in [5.41, 5.74) is 1.20. The molecule has 0 saturated carbocycles. The zero-order valence-electron chi connectivity index (χ0n) is 13.1. The first kappa shape index (κ1) is 17.1. The Balaban J connectivity index is 2.13. The molecule has 0 radical (unpaired) electrons. The third-order valence-electron chi connectivity index (χ3n) is 3.40. The minimum absolute atomic E-state index is 0.0797. The highest BCUT2D eigenvalue weighted by Crippen LogP contribution is 2.29. The number of hydrogen-bond acceptors (Lipinski definition) is 4. The molecular weight excluding hydrogens is 350 g/mol. The van der Waals surface area contributed by atoms with Gasteiger partial charge in [-0.3, -0.25) is 0 Å². The molecule has 1 aromatic heterocycles. The van der Waals surface area contributed by atoms with Crippen LogP contribution in [0.3, 0.4) is 0 Å². The van der Waals surface area contributed by atoms with Crippen LogP contribution in [0.5, 0.6) is 0 Å². The first-order valence-corrected chi connectivity index (χ1v) is 7.84. The molecule has 0 atom stereocenters. The normalized spacial score (nSPS) is 10.7. The summed E-state index contributed by atoms with van der Waals surface area (Å²) in [4.78, 5) is 16.3. The lowest BCUT2D eigenvalue weighted by Crippen LogP contribution is -2.08. The van der Waals surface area contributed by atoms with Crippen molar-refractivity contribution in [2.24, 2.45) is 0 Å². The number of benzene rings is 2. The number of nitrogens with one attached hydrogen (secondary N) is 1. The fraction of sp³-hybridized carbons (Fsp3) is 0.111. The number of pyridine rings is 1.